The summed E-state index contributed by atoms with van der Waals surface area (Å²) in [6, 6.07) is 6.04. The topological polar surface area (TPSA) is 72.8 Å². The SMILES string of the molecule is COC(c1ccc(C(F)(F)F)cc1)c1cnn(-c2cc(=O)[nH]c(C)n2)c1. The van der Waals surface area contributed by atoms with E-state index in [1.54, 1.807) is 13.1 Å². The fourth-order valence-corrected chi connectivity index (χ4v) is 2.59. The van der Waals surface area contributed by atoms with Crippen molar-refractivity contribution in [3.05, 3.63) is 75.6 Å². The van der Waals surface area contributed by atoms with E-state index in [-0.39, 0.29) is 5.56 Å². The summed E-state index contributed by atoms with van der Waals surface area (Å²) in [6.45, 7) is 1.65. The molecule has 6 nitrogen and oxygen atoms in total. The normalized spacial score (nSPS) is 13.0. The molecule has 3 rings (SSSR count). The summed E-state index contributed by atoms with van der Waals surface area (Å²) in [5.41, 5.74) is 0.132. The Kier molecular flexibility index (Phi) is 4.64. The van der Waals surface area contributed by atoms with Gasteiger partial charge < -0.3 is 9.72 Å². The van der Waals surface area contributed by atoms with Crippen molar-refractivity contribution in [3.8, 4) is 5.82 Å². The van der Waals surface area contributed by atoms with Crippen molar-refractivity contribution in [1.82, 2.24) is 19.7 Å². The van der Waals surface area contributed by atoms with Gasteiger partial charge in [0.25, 0.3) is 5.56 Å². The van der Waals surface area contributed by atoms with Gasteiger partial charge >= 0.3 is 6.18 Å². The number of ether oxygens (including phenoxy) is 1. The van der Waals surface area contributed by atoms with E-state index in [4.69, 9.17) is 4.74 Å². The van der Waals surface area contributed by atoms with Gasteiger partial charge in [0.05, 0.1) is 11.8 Å². The average molecular weight is 364 g/mol. The van der Waals surface area contributed by atoms with Crippen molar-refractivity contribution in [1.29, 1.82) is 0 Å². The maximum absolute atomic E-state index is 12.7. The van der Waals surface area contributed by atoms with Gasteiger partial charge in [-0.2, -0.15) is 18.3 Å². The van der Waals surface area contributed by atoms with Crippen LogP contribution in [0.3, 0.4) is 0 Å². The molecule has 1 aromatic carbocycles. The zero-order valence-corrected chi connectivity index (χ0v) is 13.9. The Hall–Kier alpha value is -2.94. The number of nitrogens with zero attached hydrogens (tertiary/aromatic N) is 3. The van der Waals surface area contributed by atoms with Crippen LogP contribution in [-0.4, -0.2) is 26.9 Å². The minimum absolute atomic E-state index is 0.310. The maximum Gasteiger partial charge on any atom is 0.416 e. The van der Waals surface area contributed by atoms with Gasteiger partial charge in [0.15, 0.2) is 5.82 Å². The van der Waals surface area contributed by atoms with E-state index in [1.165, 1.54) is 36.2 Å². The first-order chi connectivity index (χ1) is 12.3. The van der Waals surface area contributed by atoms with Crippen molar-refractivity contribution in [2.24, 2.45) is 0 Å². The molecular weight excluding hydrogens is 349 g/mol. The third-order valence-corrected chi connectivity index (χ3v) is 3.76. The Morgan fingerprint density at radius 2 is 1.88 bits per heavy atom. The van der Waals surface area contributed by atoms with Gasteiger partial charge in [-0.15, -0.1) is 0 Å². The van der Waals surface area contributed by atoms with E-state index in [1.807, 2.05) is 0 Å². The van der Waals surface area contributed by atoms with Crippen LogP contribution in [0, 0.1) is 6.92 Å². The number of H-pyrrole nitrogens is 1. The summed E-state index contributed by atoms with van der Waals surface area (Å²) in [4.78, 5) is 18.3. The lowest BCUT2D eigenvalue weighted by molar-refractivity contribution is -0.137. The molecule has 3 aromatic rings. The lowest BCUT2D eigenvalue weighted by Gasteiger charge is -2.15. The van der Waals surface area contributed by atoms with E-state index in [0.29, 0.717) is 22.8 Å². The number of halogens is 3. The van der Waals surface area contributed by atoms with Crippen LogP contribution in [0.1, 0.15) is 28.6 Å². The molecule has 0 spiro atoms. The number of aromatic amines is 1. The number of rotatable bonds is 4. The van der Waals surface area contributed by atoms with Gasteiger partial charge in [0.1, 0.15) is 11.9 Å². The minimum Gasteiger partial charge on any atom is -0.372 e. The molecule has 0 aliphatic rings. The van der Waals surface area contributed by atoms with Crippen molar-refractivity contribution < 1.29 is 17.9 Å². The van der Waals surface area contributed by atoms with Gasteiger partial charge in [0, 0.05) is 24.9 Å². The number of hydrogen-bond acceptors (Lipinski definition) is 4. The van der Waals surface area contributed by atoms with Crippen molar-refractivity contribution in [2.45, 2.75) is 19.2 Å². The Bertz CT molecular complexity index is 961. The van der Waals surface area contributed by atoms with E-state index >= 15 is 0 Å². The van der Waals surface area contributed by atoms with Gasteiger partial charge in [-0.1, -0.05) is 12.1 Å². The third-order valence-electron chi connectivity index (χ3n) is 3.76. The second-order valence-corrected chi connectivity index (χ2v) is 5.64. The second-order valence-electron chi connectivity index (χ2n) is 5.64. The average Bonchev–Trinajstić information content (AvgIpc) is 3.04. The molecule has 0 radical (unpaired) electrons. The smallest absolute Gasteiger partial charge is 0.372 e. The van der Waals surface area contributed by atoms with Crippen LogP contribution in [0.15, 0.2) is 47.5 Å². The molecule has 9 heteroatoms. The number of alkyl halides is 3. The third kappa shape index (κ3) is 3.67. The second kappa shape index (κ2) is 6.75. The first-order valence-corrected chi connectivity index (χ1v) is 7.61. The Balaban J connectivity index is 1.92. The number of aryl methyl sites for hydroxylation is 1. The van der Waals surface area contributed by atoms with Crippen molar-refractivity contribution >= 4 is 0 Å². The highest BCUT2D eigenvalue weighted by Crippen LogP contribution is 2.32. The number of methoxy groups -OCH3 is 1. The monoisotopic (exact) mass is 364 g/mol. The molecule has 2 heterocycles. The van der Waals surface area contributed by atoms with Crippen molar-refractivity contribution in [2.75, 3.05) is 7.11 Å². The fraction of sp³-hybridized carbons (Fsp3) is 0.235. The highest BCUT2D eigenvalue weighted by atomic mass is 19.4. The molecule has 0 bridgehead atoms. The fourth-order valence-electron chi connectivity index (χ4n) is 2.59. The zero-order valence-electron chi connectivity index (χ0n) is 13.9. The molecule has 0 aliphatic carbocycles. The largest absolute Gasteiger partial charge is 0.416 e. The molecule has 136 valence electrons. The maximum atomic E-state index is 12.7. The quantitative estimate of drug-likeness (QED) is 0.772. The molecule has 1 atom stereocenters. The van der Waals surface area contributed by atoms with Crippen LogP contribution < -0.4 is 5.56 Å². The molecule has 1 unspecified atom stereocenters. The first-order valence-electron chi connectivity index (χ1n) is 7.61. The number of aromatic nitrogens is 4. The van der Waals surface area contributed by atoms with Gasteiger partial charge in [-0.25, -0.2) is 9.67 Å². The Morgan fingerprint density at radius 3 is 2.46 bits per heavy atom. The first kappa shape index (κ1) is 17.9. The van der Waals surface area contributed by atoms with Crippen molar-refractivity contribution in [3.63, 3.8) is 0 Å². The van der Waals surface area contributed by atoms with Crippen LogP contribution in [0.5, 0.6) is 0 Å². The lowest BCUT2D eigenvalue weighted by atomic mass is 10.0. The van der Waals surface area contributed by atoms with E-state index in [2.05, 4.69) is 15.1 Å². The Morgan fingerprint density at radius 1 is 1.19 bits per heavy atom. The van der Waals surface area contributed by atoms with Crippen LogP contribution in [0.25, 0.3) is 5.82 Å². The predicted octanol–water partition coefficient (Wildman–Crippen LogP) is 3.02. The van der Waals surface area contributed by atoms with Gasteiger partial charge in [-0.05, 0) is 24.6 Å². The van der Waals surface area contributed by atoms with E-state index in [0.717, 1.165) is 12.1 Å². The number of hydrogen-bond donors (Lipinski definition) is 1. The summed E-state index contributed by atoms with van der Waals surface area (Å²) in [5, 5.41) is 4.16. The molecule has 26 heavy (non-hydrogen) atoms. The predicted molar refractivity (Wildman–Crippen MR) is 87.0 cm³/mol. The summed E-state index contributed by atoms with van der Waals surface area (Å²) in [5.74, 6) is 0.773. The van der Waals surface area contributed by atoms with E-state index < -0.39 is 17.8 Å². The molecular formula is C17H15F3N4O2. The van der Waals surface area contributed by atoms with Gasteiger partial charge in [-0.3, -0.25) is 4.79 Å². The van der Waals surface area contributed by atoms with Crippen LogP contribution in [-0.2, 0) is 10.9 Å². The number of nitrogens with one attached hydrogen (secondary N) is 1. The summed E-state index contributed by atoms with van der Waals surface area (Å²) < 4.78 is 44.9. The number of benzene rings is 1. The van der Waals surface area contributed by atoms with Crippen LogP contribution in [0.2, 0.25) is 0 Å². The lowest BCUT2D eigenvalue weighted by Crippen LogP contribution is -2.12. The molecule has 2 aromatic heterocycles. The highest BCUT2D eigenvalue weighted by molar-refractivity contribution is 5.32. The summed E-state index contributed by atoms with van der Waals surface area (Å²) >= 11 is 0. The summed E-state index contributed by atoms with van der Waals surface area (Å²) in [6.07, 6.45) is -1.86. The molecule has 0 saturated carbocycles. The van der Waals surface area contributed by atoms with Crippen LogP contribution >= 0.6 is 0 Å². The van der Waals surface area contributed by atoms with Crippen LogP contribution in [0.4, 0.5) is 13.2 Å². The zero-order chi connectivity index (χ0) is 18.9. The van der Waals surface area contributed by atoms with E-state index in [9.17, 15) is 18.0 Å². The standard InChI is InChI=1S/C17H15F3N4O2/c1-10-22-14(7-15(25)23-10)24-9-12(8-21-24)16(26-2)11-3-5-13(6-4-11)17(18,19)20/h3-9,16H,1-2H3,(H,22,23,25). The molecule has 0 fully saturated rings. The minimum atomic E-state index is -4.39. The highest BCUT2D eigenvalue weighted by Gasteiger charge is 2.30. The molecule has 0 saturated heterocycles. The molecule has 0 aliphatic heterocycles. The molecule has 1 N–H and O–H groups in total. The summed E-state index contributed by atoms with van der Waals surface area (Å²) in [7, 11) is 1.45. The van der Waals surface area contributed by atoms with Gasteiger partial charge in [0.2, 0.25) is 0 Å². The molecule has 0 amide bonds. The Labute approximate surface area is 146 Å².